The van der Waals surface area contributed by atoms with Crippen molar-refractivity contribution in [3.8, 4) is 5.75 Å². The summed E-state index contributed by atoms with van der Waals surface area (Å²) in [5.74, 6) is -2.26. The Bertz CT molecular complexity index is 1270. The molecule has 4 N–H and O–H groups in total. The van der Waals surface area contributed by atoms with E-state index in [1.807, 2.05) is 41.5 Å². The maximum Gasteiger partial charge on any atom is 0.342 e. The van der Waals surface area contributed by atoms with E-state index < -0.39 is 47.4 Å². The molecule has 4 amide bonds. The number of benzene rings is 1. The van der Waals surface area contributed by atoms with Gasteiger partial charge in [0, 0.05) is 17.7 Å². The zero-order valence-corrected chi connectivity index (χ0v) is 27.8. The van der Waals surface area contributed by atoms with E-state index in [0.29, 0.717) is 37.8 Å². The van der Waals surface area contributed by atoms with Crippen molar-refractivity contribution in [2.75, 3.05) is 20.2 Å². The van der Waals surface area contributed by atoms with Gasteiger partial charge in [-0.05, 0) is 62.5 Å². The number of carbonyl (C=O) groups is 5. The smallest absolute Gasteiger partial charge is 0.342 e. The van der Waals surface area contributed by atoms with Crippen LogP contribution in [0.3, 0.4) is 0 Å². The molecule has 2 heterocycles. The van der Waals surface area contributed by atoms with Crippen molar-refractivity contribution in [3.63, 3.8) is 0 Å². The van der Waals surface area contributed by atoms with Crippen molar-refractivity contribution in [1.82, 2.24) is 20.9 Å². The number of phenols is 1. The van der Waals surface area contributed by atoms with Crippen LogP contribution in [0.15, 0.2) is 18.2 Å². The molecular weight excluding hydrogens is 580 g/mol. The van der Waals surface area contributed by atoms with E-state index in [9.17, 15) is 29.1 Å². The first-order chi connectivity index (χ1) is 21.1. The van der Waals surface area contributed by atoms with Gasteiger partial charge in [-0.25, -0.2) is 4.79 Å². The summed E-state index contributed by atoms with van der Waals surface area (Å²) in [6.45, 7) is 13.6. The van der Waals surface area contributed by atoms with Crippen LogP contribution in [0.25, 0.3) is 0 Å². The number of piperidine rings is 1. The van der Waals surface area contributed by atoms with E-state index in [1.165, 1.54) is 13.2 Å². The SMILES string of the molecule is COC(=O)C12CN(C(=O)[C@H](CC(C)C)NC(=O)[C@H](CC(C)C)NC(=O)[C@H](CC(C)C)NC(=O)c3cccc(O)c3C)CCC1O2. The summed E-state index contributed by atoms with van der Waals surface area (Å²) in [7, 11) is 1.28. The van der Waals surface area contributed by atoms with E-state index in [2.05, 4.69) is 16.0 Å². The second kappa shape index (κ2) is 15.1. The molecule has 2 saturated heterocycles. The van der Waals surface area contributed by atoms with Gasteiger partial charge in [-0.3, -0.25) is 19.2 Å². The van der Waals surface area contributed by atoms with Gasteiger partial charge in [-0.1, -0.05) is 47.6 Å². The van der Waals surface area contributed by atoms with E-state index in [-0.39, 0.29) is 47.6 Å². The number of epoxide rings is 1. The highest BCUT2D eigenvalue weighted by atomic mass is 16.7. The average Bonchev–Trinajstić information content (AvgIpc) is 3.71. The zero-order valence-electron chi connectivity index (χ0n) is 27.8. The molecule has 0 radical (unpaired) electrons. The molecule has 3 rings (SSSR count). The minimum absolute atomic E-state index is 0.0267. The molecular formula is C33H50N4O8. The van der Waals surface area contributed by atoms with Crippen LogP contribution in [0.2, 0.25) is 0 Å². The molecule has 12 nitrogen and oxygen atoms in total. The molecule has 45 heavy (non-hydrogen) atoms. The highest BCUT2D eigenvalue weighted by Gasteiger charge is 2.66. The molecule has 2 fully saturated rings. The van der Waals surface area contributed by atoms with Gasteiger partial charge in [0.2, 0.25) is 23.3 Å². The lowest BCUT2D eigenvalue weighted by atomic mass is 9.95. The summed E-state index contributed by atoms with van der Waals surface area (Å²) in [5, 5.41) is 18.6. The molecule has 0 bridgehead atoms. The minimum Gasteiger partial charge on any atom is -0.508 e. The van der Waals surface area contributed by atoms with Crippen molar-refractivity contribution in [2.45, 2.75) is 104 Å². The number of rotatable bonds is 14. The lowest BCUT2D eigenvalue weighted by Crippen LogP contribution is -2.59. The van der Waals surface area contributed by atoms with E-state index in [4.69, 9.17) is 9.47 Å². The second-order valence-corrected chi connectivity index (χ2v) is 13.5. The molecule has 0 aliphatic carbocycles. The van der Waals surface area contributed by atoms with Gasteiger partial charge in [0.05, 0.1) is 13.7 Å². The van der Waals surface area contributed by atoms with Crippen molar-refractivity contribution < 1.29 is 38.6 Å². The number of likely N-dealkylation sites (tertiary alicyclic amines) is 1. The highest BCUT2D eigenvalue weighted by Crippen LogP contribution is 2.44. The first-order valence-electron chi connectivity index (χ1n) is 15.8. The number of aromatic hydroxyl groups is 1. The summed E-state index contributed by atoms with van der Waals surface area (Å²) >= 11 is 0. The molecule has 0 aromatic heterocycles. The third kappa shape index (κ3) is 8.96. The Hall–Kier alpha value is -3.67. The standard InChI is InChI=1S/C33H50N4O8/c1-18(2)14-23(34-28(39)22-10-9-11-26(38)21(22)7)29(40)35-24(15-19(3)4)30(41)36-25(16-20(5)6)31(42)37-13-12-27-33(17-37,45-27)32(43)44-8/h9-11,18-20,23-25,27,38H,12-17H2,1-8H3,(H,34,39)(H,35,40)(H,36,41)/t23-,24-,25-,27?,33?/m0/s1. The lowest BCUT2D eigenvalue weighted by molar-refractivity contribution is -0.150. The minimum atomic E-state index is -1.16. The number of carbonyl (C=O) groups excluding carboxylic acids is 5. The van der Waals surface area contributed by atoms with Crippen molar-refractivity contribution in [1.29, 1.82) is 0 Å². The topological polar surface area (TPSA) is 167 Å². The number of esters is 1. The quantitative estimate of drug-likeness (QED) is 0.180. The van der Waals surface area contributed by atoms with Crippen LogP contribution in [-0.2, 0) is 28.7 Å². The Balaban J connectivity index is 1.77. The summed E-state index contributed by atoms with van der Waals surface area (Å²) in [6.07, 6.45) is 1.18. The fourth-order valence-corrected chi connectivity index (χ4v) is 5.86. The molecule has 0 spiro atoms. The van der Waals surface area contributed by atoms with Crippen molar-refractivity contribution in [2.24, 2.45) is 17.8 Å². The largest absolute Gasteiger partial charge is 0.508 e. The number of hydrogen-bond donors (Lipinski definition) is 4. The Labute approximate surface area is 266 Å². The van der Waals surface area contributed by atoms with Gasteiger partial charge in [0.15, 0.2) is 0 Å². The Kier molecular flexibility index (Phi) is 12.0. The Morgan fingerprint density at radius 3 is 2.00 bits per heavy atom. The van der Waals surface area contributed by atoms with E-state index in [1.54, 1.807) is 24.0 Å². The van der Waals surface area contributed by atoms with Gasteiger partial charge in [-0.2, -0.15) is 0 Å². The van der Waals surface area contributed by atoms with Crippen LogP contribution in [0.1, 0.15) is 83.1 Å². The molecule has 5 atom stereocenters. The van der Waals surface area contributed by atoms with Gasteiger partial charge in [0.25, 0.3) is 5.91 Å². The average molecular weight is 631 g/mol. The highest BCUT2D eigenvalue weighted by molar-refractivity contribution is 6.00. The van der Waals surface area contributed by atoms with Crippen LogP contribution in [0, 0.1) is 24.7 Å². The maximum absolute atomic E-state index is 13.7. The van der Waals surface area contributed by atoms with Crippen LogP contribution in [-0.4, -0.2) is 89.6 Å². The summed E-state index contributed by atoms with van der Waals surface area (Å²) < 4.78 is 10.5. The van der Waals surface area contributed by atoms with Gasteiger partial charge in [-0.15, -0.1) is 0 Å². The molecule has 1 aromatic rings. The predicted molar refractivity (Wildman–Crippen MR) is 167 cm³/mol. The van der Waals surface area contributed by atoms with Gasteiger partial charge >= 0.3 is 5.97 Å². The third-order valence-electron chi connectivity index (χ3n) is 8.29. The second-order valence-electron chi connectivity index (χ2n) is 13.5. The number of hydrogen-bond acceptors (Lipinski definition) is 8. The molecule has 250 valence electrons. The summed E-state index contributed by atoms with van der Waals surface area (Å²) in [6, 6.07) is 1.82. The number of nitrogens with zero attached hydrogens (tertiary/aromatic N) is 1. The zero-order chi connectivity index (χ0) is 33.6. The normalized spacial score (nSPS) is 21.0. The number of phenolic OH excluding ortho intramolecular Hbond substituents is 1. The van der Waals surface area contributed by atoms with Gasteiger partial charge in [0.1, 0.15) is 30.0 Å². The Morgan fingerprint density at radius 1 is 0.911 bits per heavy atom. The molecule has 2 aliphatic rings. The van der Waals surface area contributed by atoms with Gasteiger partial charge < -0.3 is 35.4 Å². The lowest BCUT2D eigenvalue weighted by Gasteiger charge is -2.33. The van der Waals surface area contributed by atoms with Crippen molar-refractivity contribution in [3.05, 3.63) is 29.3 Å². The number of nitrogens with one attached hydrogen (secondary N) is 3. The summed E-state index contributed by atoms with van der Waals surface area (Å²) in [4.78, 5) is 68.2. The number of ether oxygens (including phenoxy) is 2. The molecule has 2 unspecified atom stereocenters. The van der Waals surface area contributed by atoms with Crippen LogP contribution in [0.5, 0.6) is 5.75 Å². The number of methoxy groups -OCH3 is 1. The monoisotopic (exact) mass is 630 g/mol. The Morgan fingerprint density at radius 2 is 1.44 bits per heavy atom. The first kappa shape index (κ1) is 35.8. The summed E-state index contributed by atoms with van der Waals surface area (Å²) in [5.41, 5.74) is -0.514. The number of amides is 4. The molecule has 1 aromatic carbocycles. The molecule has 12 heteroatoms. The first-order valence-corrected chi connectivity index (χ1v) is 15.8. The fraction of sp³-hybridized carbons (Fsp3) is 0.667. The van der Waals surface area contributed by atoms with E-state index >= 15 is 0 Å². The predicted octanol–water partition coefficient (Wildman–Crippen LogP) is 2.45. The fourth-order valence-electron chi connectivity index (χ4n) is 5.86. The van der Waals surface area contributed by atoms with Crippen molar-refractivity contribution >= 4 is 29.6 Å². The maximum atomic E-state index is 13.7. The van der Waals surface area contributed by atoms with Crippen LogP contribution < -0.4 is 16.0 Å². The molecule has 2 aliphatic heterocycles. The van der Waals surface area contributed by atoms with Crippen LogP contribution >= 0.6 is 0 Å². The molecule has 0 saturated carbocycles. The van der Waals surface area contributed by atoms with E-state index in [0.717, 1.165) is 0 Å². The van der Waals surface area contributed by atoms with Crippen LogP contribution in [0.4, 0.5) is 0 Å². The number of fused-ring (bicyclic) bond motifs is 1. The third-order valence-corrected chi connectivity index (χ3v) is 8.29.